The number of allylic oxidation sites excluding steroid dienone is 2. The van der Waals surface area contributed by atoms with Crippen LogP contribution in [0.1, 0.15) is 48.3 Å². The van der Waals surface area contributed by atoms with E-state index >= 15 is 0 Å². The minimum atomic E-state index is -0.0267. The maximum Gasteiger partial charge on any atom is 0.270 e. The number of aromatic nitrogens is 2. The van der Waals surface area contributed by atoms with Crippen LogP contribution in [0.25, 0.3) is 0 Å². The minimum Gasteiger partial charge on any atom is -0.267 e. The fourth-order valence-electron chi connectivity index (χ4n) is 2.47. The lowest BCUT2D eigenvalue weighted by Crippen LogP contribution is -2.12. The molecular weight excluding hydrogens is 212 g/mol. The van der Waals surface area contributed by atoms with Crippen LogP contribution in [-0.4, -0.2) is 15.7 Å². The van der Waals surface area contributed by atoms with E-state index in [-0.39, 0.29) is 5.91 Å². The summed E-state index contributed by atoms with van der Waals surface area (Å²) in [6.45, 7) is 3.81. The molecule has 17 heavy (non-hydrogen) atoms. The molecule has 0 bridgehead atoms. The Bertz CT molecular complexity index is 425. The highest BCUT2D eigenvalue weighted by molar-refractivity contribution is 5.89. The van der Waals surface area contributed by atoms with E-state index in [0.29, 0.717) is 5.92 Å². The van der Waals surface area contributed by atoms with Crippen molar-refractivity contribution >= 4 is 5.91 Å². The van der Waals surface area contributed by atoms with Crippen molar-refractivity contribution < 1.29 is 4.79 Å². The Balaban J connectivity index is 2.00. The molecule has 0 saturated heterocycles. The molecular formula is C14H20N2O. The van der Waals surface area contributed by atoms with Crippen LogP contribution in [0.3, 0.4) is 0 Å². The molecule has 1 aromatic heterocycles. The lowest BCUT2D eigenvalue weighted by atomic mass is 9.89. The normalized spacial score (nSPS) is 17.8. The molecule has 0 unspecified atom stereocenters. The molecule has 1 aliphatic carbocycles. The SMILES string of the molecule is Cc1cc(C)n(C(=O)/C=C/C2CCCCC2)n1. The summed E-state index contributed by atoms with van der Waals surface area (Å²) in [6, 6.07) is 1.92. The molecule has 1 saturated carbocycles. The molecule has 1 aliphatic rings. The van der Waals surface area contributed by atoms with E-state index in [2.05, 4.69) is 11.2 Å². The first-order chi connectivity index (χ1) is 8.16. The maximum atomic E-state index is 11.9. The van der Waals surface area contributed by atoms with E-state index in [1.165, 1.54) is 36.8 Å². The van der Waals surface area contributed by atoms with Gasteiger partial charge >= 0.3 is 0 Å². The van der Waals surface area contributed by atoms with Gasteiger partial charge in [0, 0.05) is 11.8 Å². The first kappa shape index (κ1) is 12.1. The van der Waals surface area contributed by atoms with Crippen LogP contribution in [0, 0.1) is 19.8 Å². The molecule has 0 radical (unpaired) electrons. The Morgan fingerprint density at radius 3 is 2.65 bits per heavy atom. The average Bonchev–Trinajstić information content (AvgIpc) is 2.67. The number of carbonyl (C=O) groups is 1. The fraction of sp³-hybridized carbons (Fsp3) is 0.571. The monoisotopic (exact) mass is 232 g/mol. The second kappa shape index (κ2) is 5.30. The predicted octanol–water partition coefficient (Wildman–Crippen LogP) is 3.28. The van der Waals surface area contributed by atoms with E-state index < -0.39 is 0 Å². The summed E-state index contributed by atoms with van der Waals surface area (Å²) in [7, 11) is 0. The summed E-state index contributed by atoms with van der Waals surface area (Å²) in [4.78, 5) is 11.9. The highest BCUT2D eigenvalue weighted by Gasteiger charge is 2.11. The van der Waals surface area contributed by atoms with Gasteiger partial charge in [0.25, 0.3) is 5.91 Å². The fourth-order valence-corrected chi connectivity index (χ4v) is 2.47. The van der Waals surface area contributed by atoms with E-state index in [9.17, 15) is 4.79 Å². The maximum absolute atomic E-state index is 11.9. The molecule has 0 aliphatic heterocycles. The number of rotatable bonds is 2. The van der Waals surface area contributed by atoms with Crippen LogP contribution in [0.2, 0.25) is 0 Å². The van der Waals surface area contributed by atoms with E-state index in [1.807, 2.05) is 19.9 Å². The summed E-state index contributed by atoms with van der Waals surface area (Å²) >= 11 is 0. The molecule has 0 spiro atoms. The number of nitrogens with zero attached hydrogens (tertiary/aromatic N) is 2. The molecule has 0 aromatic carbocycles. The summed E-state index contributed by atoms with van der Waals surface area (Å²) in [5, 5.41) is 4.19. The van der Waals surface area contributed by atoms with Crippen LogP contribution in [-0.2, 0) is 0 Å². The number of hydrogen-bond acceptors (Lipinski definition) is 2. The zero-order valence-corrected chi connectivity index (χ0v) is 10.6. The van der Waals surface area contributed by atoms with Crippen molar-refractivity contribution in [2.24, 2.45) is 5.92 Å². The van der Waals surface area contributed by atoms with Crippen molar-refractivity contribution in [2.45, 2.75) is 46.0 Å². The van der Waals surface area contributed by atoms with Crippen molar-refractivity contribution in [3.63, 3.8) is 0 Å². The summed E-state index contributed by atoms with van der Waals surface area (Å²) in [5.74, 6) is 0.561. The summed E-state index contributed by atoms with van der Waals surface area (Å²) in [5.41, 5.74) is 1.79. The summed E-state index contributed by atoms with van der Waals surface area (Å²) in [6.07, 6.45) is 10.1. The van der Waals surface area contributed by atoms with Crippen LogP contribution in [0.4, 0.5) is 0 Å². The third-order valence-corrected chi connectivity index (χ3v) is 3.38. The lowest BCUT2D eigenvalue weighted by Gasteiger charge is -2.17. The molecule has 0 N–H and O–H groups in total. The highest BCUT2D eigenvalue weighted by atomic mass is 16.2. The van der Waals surface area contributed by atoms with Crippen molar-refractivity contribution in [3.8, 4) is 0 Å². The third-order valence-electron chi connectivity index (χ3n) is 3.38. The Kier molecular flexibility index (Phi) is 3.77. The van der Waals surface area contributed by atoms with Crippen molar-refractivity contribution in [1.82, 2.24) is 9.78 Å². The first-order valence-electron chi connectivity index (χ1n) is 6.42. The van der Waals surface area contributed by atoms with Crippen molar-refractivity contribution in [2.75, 3.05) is 0 Å². The summed E-state index contributed by atoms with van der Waals surface area (Å²) < 4.78 is 1.48. The predicted molar refractivity (Wildman–Crippen MR) is 68.0 cm³/mol. The Morgan fingerprint density at radius 1 is 1.35 bits per heavy atom. The van der Waals surface area contributed by atoms with Crippen molar-refractivity contribution in [1.29, 1.82) is 0 Å². The van der Waals surface area contributed by atoms with Gasteiger partial charge < -0.3 is 0 Å². The molecule has 1 fully saturated rings. The second-order valence-corrected chi connectivity index (χ2v) is 4.93. The van der Waals surface area contributed by atoms with Crippen LogP contribution in [0.15, 0.2) is 18.2 Å². The quantitative estimate of drug-likeness (QED) is 0.733. The zero-order chi connectivity index (χ0) is 12.3. The molecule has 1 heterocycles. The number of hydrogen-bond donors (Lipinski definition) is 0. The van der Waals surface area contributed by atoms with Gasteiger partial charge in [0.2, 0.25) is 0 Å². The average molecular weight is 232 g/mol. The van der Waals surface area contributed by atoms with Gasteiger partial charge in [-0.3, -0.25) is 4.79 Å². The minimum absolute atomic E-state index is 0.0267. The topological polar surface area (TPSA) is 34.9 Å². The smallest absolute Gasteiger partial charge is 0.267 e. The molecule has 2 rings (SSSR count). The van der Waals surface area contributed by atoms with Crippen LogP contribution >= 0.6 is 0 Å². The molecule has 0 amide bonds. The standard InChI is InChI=1S/C14H20N2O/c1-11-10-12(2)16(15-11)14(17)9-8-13-6-4-3-5-7-13/h8-10,13H,3-7H2,1-2H3/b9-8+. The number of aryl methyl sites for hydroxylation is 2. The van der Waals surface area contributed by atoms with Gasteiger partial charge in [-0.25, -0.2) is 4.68 Å². The first-order valence-corrected chi connectivity index (χ1v) is 6.42. The van der Waals surface area contributed by atoms with E-state index in [4.69, 9.17) is 0 Å². The van der Waals surface area contributed by atoms with Crippen molar-refractivity contribution in [3.05, 3.63) is 29.6 Å². The number of carbonyl (C=O) groups excluding carboxylic acids is 1. The van der Waals surface area contributed by atoms with Gasteiger partial charge in [0.1, 0.15) is 0 Å². The molecule has 1 aromatic rings. The van der Waals surface area contributed by atoms with Gasteiger partial charge in [-0.1, -0.05) is 25.3 Å². The van der Waals surface area contributed by atoms with E-state index in [1.54, 1.807) is 6.08 Å². The van der Waals surface area contributed by atoms with Gasteiger partial charge in [0.15, 0.2) is 0 Å². The molecule has 0 atom stereocenters. The molecule has 92 valence electrons. The van der Waals surface area contributed by atoms with Crippen LogP contribution in [0.5, 0.6) is 0 Å². The Labute approximate surface area is 103 Å². The Morgan fingerprint density at radius 2 is 2.06 bits per heavy atom. The third kappa shape index (κ3) is 3.05. The Hall–Kier alpha value is -1.38. The van der Waals surface area contributed by atoms with Crippen LogP contribution < -0.4 is 0 Å². The molecule has 3 nitrogen and oxygen atoms in total. The molecule has 3 heteroatoms. The lowest BCUT2D eigenvalue weighted by molar-refractivity contribution is 0.0950. The van der Waals surface area contributed by atoms with Gasteiger partial charge in [0.05, 0.1) is 5.69 Å². The van der Waals surface area contributed by atoms with Gasteiger partial charge in [-0.2, -0.15) is 5.10 Å². The highest BCUT2D eigenvalue weighted by Crippen LogP contribution is 2.24. The van der Waals surface area contributed by atoms with E-state index in [0.717, 1.165) is 11.4 Å². The largest absolute Gasteiger partial charge is 0.270 e. The van der Waals surface area contributed by atoms with Gasteiger partial charge in [-0.05, 0) is 38.7 Å². The second-order valence-electron chi connectivity index (χ2n) is 4.93. The van der Waals surface area contributed by atoms with Gasteiger partial charge in [-0.15, -0.1) is 0 Å². The zero-order valence-electron chi connectivity index (χ0n) is 10.6.